The van der Waals surface area contributed by atoms with Crippen LogP contribution >= 0.6 is 34.5 Å². The average molecular weight is 505 g/mol. The summed E-state index contributed by atoms with van der Waals surface area (Å²) in [5, 5.41) is 4.63. The number of fused-ring (bicyclic) bond motifs is 1. The van der Waals surface area contributed by atoms with Crippen molar-refractivity contribution >= 4 is 71.9 Å². The number of para-hydroxylation sites is 1. The van der Waals surface area contributed by atoms with Crippen molar-refractivity contribution < 1.29 is 13.2 Å². The van der Waals surface area contributed by atoms with Crippen molar-refractivity contribution in [2.75, 3.05) is 15.9 Å². The first kappa shape index (κ1) is 22.6. The third-order valence-electron chi connectivity index (χ3n) is 4.77. The fourth-order valence-electron chi connectivity index (χ4n) is 3.20. The molecule has 3 aromatic carbocycles. The first-order valence-corrected chi connectivity index (χ1v) is 12.9. The van der Waals surface area contributed by atoms with Crippen LogP contribution in [0.5, 0.6) is 0 Å². The van der Waals surface area contributed by atoms with Gasteiger partial charge in [-0.15, -0.1) is 11.3 Å². The van der Waals surface area contributed by atoms with Crippen molar-refractivity contribution in [1.29, 1.82) is 0 Å². The number of carbonyl (C=O) groups excluding carboxylic acids is 1. The Morgan fingerprint density at radius 1 is 1.00 bits per heavy atom. The fourth-order valence-corrected chi connectivity index (χ4v) is 5.33. The lowest BCUT2D eigenvalue weighted by molar-refractivity contribution is 0.103. The molecular weight excluding hydrogens is 487 g/mol. The van der Waals surface area contributed by atoms with Crippen molar-refractivity contribution in [3.8, 4) is 0 Å². The summed E-state index contributed by atoms with van der Waals surface area (Å²) in [6.07, 6.45) is 1.17. The molecule has 0 bridgehead atoms. The van der Waals surface area contributed by atoms with Crippen LogP contribution in [0.2, 0.25) is 10.0 Å². The molecule has 1 amide bonds. The number of anilines is 2. The second-order valence-corrected chi connectivity index (χ2v) is 11.0. The van der Waals surface area contributed by atoms with Gasteiger partial charge in [0.1, 0.15) is 0 Å². The normalized spacial score (nSPS) is 11.5. The third kappa shape index (κ3) is 5.07. The summed E-state index contributed by atoms with van der Waals surface area (Å²) < 4.78 is 27.2. The van der Waals surface area contributed by atoms with E-state index in [2.05, 4.69) is 5.32 Å². The van der Waals surface area contributed by atoms with Crippen molar-refractivity contribution in [3.63, 3.8) is 0 Å². The highest BCUT2D eigenvalue weighted by atomic mass is 35.5. The van der Waals surface area contributed by atoms with E-state index in [9.17, 15) is 13.2 Å². The Morgan fingerprint density at radius 3 is 2.41 bits per heavy atom. The predicted octanol–water partition coefficient (Wildman–Crippen LogP) is 6.43. The molecule has 0 saturated carbocycles. The lowest BCUT2D eigenvalue weighted by atomic mass is 10.2. The van der Waals surface area contributed by atoms with E-state index < -0.39 is 10.0 Å². The molecule has 164 valence electrons. The zero-order valence-electron chi connectivity index (χ0n) is 16.9. The van der Waals surface area contributed by atoms with Crippen LogP contribution in [0.3, 0.4) is 0 Å². The Bertz CT molecular complexity index is 1400. The van der Waals surface area contributed by atoms with E-state index >= 15 is 0 Å². The second kappa shape index (κ2) is 9.11. The van der Waals surface area contributed by atoms with E-state index in [-0.39, 0.29) is 12.5 Å². The minimum absolute atomic E-state index is 0.172. The highest BCUT2D eigenvalue weighted by Crippen LogP contribution is 2.32. The number of thiophene rings is 1. The molecule has 9 heteroatoms. The molecule has 1 aromatic heterocycles. The molecule has 0 aliphatic heterocycles. The maximum atomic E-state index is 12.7. The molecule has 5 nitrogen and oxygen atoms in total. The van der Waals surface area contributed by atoms with Crippen molar-refractivity contribution in [2.45, 2.75) is 6.54 Å². The Balaban J connectivity index is 1.64. The fraction of sp³-hybridized carbons (Fsp3) is 0.0870. The monoisotopic (exact) mass is 504 g/mol. The summed E-state index contributed by atoms with van der Waals surface area (Å²) in [5.74, 6) is -0.276. The van der Waals surface area contributed by atoms with E-state index in [4.69, 9.17) is 23.2 Å². The summed E-state index contributed by atoms with van der Waals surface area (Å²) in [7, 11) is -3.54. The van der Waals surface area contributed by atoms with E-state index in [1.54, 1.807) is 66.7 Å². The number of amides is 1. The minimum atomic E-state index is -3.54. The first-order valence-electron chi connectivity index (χ1n) is 9.52. The molecular formula is C23H18Cl2N2O3S2. The van der Waals surface area contributed by atoms with Gasteiger partial charge < -0.3 is 5.32 Å². The van der Waals surface area contributed by atoms with Gasteiger partial charge in [-0.05, 0) is 59.5 Å². The second-order valence-electron chi connectivity index (χ2n) is 7.16. The van der Waals surface area contributed by atoms with Crippen LogP contribution < -0.4 is 9.62 Å². The zero-order chi connectivity index (χ0) is 22.9. The SMILES string of the molecule is CS(=O)(=O)N(Cc1ccc(Cl)cc1)c1ccc2sc(C(=O)Nc3ccccc3Cl)cc2c1. The number of rotatable bonds is 6. The number of hydrogen-bond donors (Lipinski definition) is 1. The number of hydrogen-bond acceptors (Lipinski definition) is 4. The molecule has 0 atom stereocenters. The number of sulfonamides is 1. The van der Waals surface area contributed by atoms with Gasteiger partial charge in [0.15, 0.2) is 0 Å². The van der Waals surface area contributed by atoms with Gasteiger partial charge >= 0.3 is 0 Å². The Hall–Kier alpha value is -2.58. The molecule has 4 rings (SSSR count). The van der Waals surface area contributed by atoms with Gasteiger partial charge in [-0.1, -0.05) is 47.5 Å². The first-order chi connectivity index (χ1) is 15.2. The van der Waals surface area contributed by atoms with Gasteiger partial charge in [0.05, 0.1) is 34.1 Å². The zero-order valence-corrected chi connectivity index (χ0v) is 20.0. The number of halogens is 2. The standard InChI is InChI=1S/C23H18Cl2N2O3S2/c1-32(29,30)27(14-15-6-8-17(24)9-7-15)18-10-11-21-16(12-18)13-22(31-21)23(28)26-20-5-3-2-4-19(20)25/h2-13H,14H2,1H3,(H,26,28). The van der Waals surface area contributed by atoms with Crippen molar-refractivity contribution in [1.82, 2.24) is 0 Å². The lowest BCUT2D eigenvalue weighted by Crippen LogP contribution is -2.29. The Morgan fingerprint density at radius 2 is 1.72 bits per heavy atom. The van der Waals surface area contributed by atoms with Crippen LogP contribution in [-0.4, -0.2) is 20.6 Å². The van der Waals surface area contributed by atoms with Crippen LogP contribution in [0, 0.1) is 0 Å². The molecule has 0 spiro atoms. The highest BCUT2D eigenvalue weighted by molar-refractivity contribution is 7.92. The van der Waals surface area contributed by atoms with E-state index in [0.29, 0.717) is 26.3 Å². The summed E-state index contributed by atoms with van der Waals surface area (Å²) in [4.78, 5) is 13.2. The number of nitrogens with one attached hydrogen (secondary N) is 1. The number of nitrogens with zero attached hydrogens (tertiary/aromatic N) is 1. The molecule has 0 unspecified atom stereocenters. The molecule has 1 N–H and O–H groups in total. The molecule has 0 aliphatic carbocycles. The van der Waals surface area contributed by atoms with Crippen LogP contribution in [0.15, 0.2) is 72.8 Å². The molecule has 0 saturated heterocycles. The summed E-state index contributed by atoms with van der Waals surface area (Å²) in [6.45, 7) is 0.172. The van der Waals surface area contributed by atoms with Crippen LogP contribution in [-0.2, 0) is 16.6 Å². The smallest absolute Gasteiger partial charge is 0.265 e. The summed E-state index contributed by atoms with van der Waals surface area (Å²) >= 11 is 13.4. The van der Waals surface area contributed by atoms with Crippen LogP contribution in [0.4, 0.5) is 11.4 Å². The summed E-state index contributed by atoms with van der Waals surface area (Å²) in [6, 6.07) is 21.1. The van der Waals surface area contributed by atoms with Gasteiger partial charge in [0.25, 0.3) is 5.91 Å². The summed E-state index contributed by atoms with van der Waals surface area (Å²) in [5.41, 5.74) is 1.86. The number of benzene rings is 3. The molecule has 0 radical (unpaired) electrons. The van der Waals surface area contributed by atoms with Crippen molar-refractivity contribution in [3.05, 3.63) is 93.3 Å². The maximum Gasteiger partial charge on any atom is 0.265 e. The molecule has 0 aliphatic rings. The minimum Gasteiger partial charge on any atom is -0.320 e. The molecule has 32 heavy (non-hydrogen) atoms. The van der Waals surface area contributed by atoms with Gasteiger partial charge in [-0.25, -0.2) is 8.42 Å². The third-order valence-corrected chi connectivity index (χ3v) is 7.61. The molecule has 4 aromatic rings. The van der Waals surface area contributed by atoms with Crippen LogP contribution in [0.25, 0.3) is 10.1 Å². The largest absolute Gasteiger partial charge is 0.320 e. The maximum absolute atomic E-state index is 12.7. The van der Waals surface area contributed by atoms with Gasteiger partial charge in [0.2, 0.25) is 10.0 Å². The Kier molecular flexibility index (Phi) is 6.44. The van der Waals surface area contributed by atoms with Gasteiger partial charge in [-0.2, -0.15) is 0 Å². The quantitative estimate of drug-likeness (QED) is 0.329. The van der Waals surface area contributed by atoms with E-state index in [0.717, 1.165) is 15.6 Å². The lowest BCUT2D eigenvalue weighted by Gasteiger charge is -2.22. The van der Waals surface area contributed by atoms with E-state index in [1.807, 2.05) is 6.07 Å². The van der Waals surface area contributed by atoms with Crippen LogP contribution in [0.1, 0.15) is 15.2 Å². The average Bonchev–Trinajstić information content (AvgIpc) is 3.17. The number of carbonyl (C=O) groups is 1. The molecule has 0 fully saturated rings. The predicted molar refractivity (Wildman–Crippen MR) is 134 cm³/mol. The van der Waals surface area contributed by atoms with E-state index in [1.165, 1.54) is 21.9 Å². The van der Waals surface area contributed by atoms with Crippen molar-refractivity contribution in [2.24, 2.45) is 0 Å². The van der Waals surface area contributed by atoms with Gasteiger partial charge in [-0.3, -0.25) is 9.10 Å². The van der Waals surface area contributed by atoms with Gasteiger partial charge in [0, 0.05) is 9.72 Å². The topological polar surface area (TPSA) is 66.5 Å². The molecule has 1 heterocycles. The highest BCUT2D eigenvalue weighted by Gasteiger charge is 2.19. The Labute approximate surface area is 200 Å².